The molecule has 0 aliphatic heterocycles. The molecule has 17 heavy (non-hydrogen) atoms. The van der Waals surface area contributed by atoms with Gasteiger partial charge >= 0.3 is 0 Å². The summed E-state index contributed by atoms with van der Waals surface area (Å²) in [6.45, 7) is 0. The summed E-state index contributed by atoms with van der Waals surface area (Å²) in [5.41, 5.74) is 0.262. The maximum absolute atomic E-state index is 11.8. The Balaban J connectivity index is 3.25. The monoisotopic (exact) mass is 315 g/mol. The van der Waals surface area contributed by atoms with Crippen molar-refractivity contribution in [3.63, 3.8) is 0 Å². The van der Waals surface area contributed by atoms with Crippen molar-refractivity contribution in [3.05, 3.63) is 28.2 Å². The molecule has 0 spiro atoms. The smallest absolute Gasteiger partial charge is 0.283 e. The molecular formula is C10H10BrN3O2S. The van der Waals surface area contributed by atoms with Crippen LogP contribution in [0.4, 0.5) is 0 Å². The van der Waals surface area contributed by atoms with E-state index in [2.05, 4.69) is 20.3 Å². The second-order valence-corrected chi connectivity index (χ2v) is 5.99. The summed E-state index contributed by atoms with van der Waals surface area (Å²) >= 11 is 3.15. The van der Waals surface area contributed by atoms with E-state index in [9.17, 15) is 8.42 Å². The molecular weight excluding hydrogens is 306 g/mol. The van der Waals surface area contributed by atoms with Gasteiger partial charge in [0.15, 0.2) is 0 Å². The third kappa shape index (κ3) is 3.84. The molecule has 0 N–H and O–H groups in total. The van der Waals surface area contributed by atoms with E-state index in [0.717, 1.165) is 0 Å². The van der Waals surface area contributed by atoms with E-state index in [0.29, 0.717) is 4.47 Å². The largest absolute Gasteiger partial charge is 0.368 e. The van der Waals surface area contributed by atoms with Crippen molar-refractivity contribution >= 4 is 32.3 Å². The van der Waals surface area contributed by atoms with Crippen LogP contribution in [-0.2, 0) is 10.0 Å². The zero-order valence-electron chi connectivity index (χ0n) is 9.25. The first kappa shape index (κ1) is 13.7. The van der Waals surface area contributed by atoms with Crippen LogP contribution in [0.15, 0.2) is 32.0 Å². The Kier molecular flexibility index (Phi) is 4.26. The molecule has 90 valence electrons. The quantitative estimate of drug-likeness (QED) is 0.627. The van der Waals surface area contributed by atoms with Gasteiger partial charge in [0.05, 0.1) is 16.5 Å². The Labute approximate surface area is 109 Å². The highest BCUT2D eigenvalue weighted by Crippen LogP contribution is 2.20. The highest BCUT2D eigenvalue weighted by atomic mass is 79.9. The number of hydrogen-bond donors (Lipinski definition) is 0. The molecule has 0 amide bonds. The first-order valence-corrected chi connectivity index (χ1v) is 6.76. The number of nitrogens with zero attached hydrogens (tertiary/aromatic N) is 3. The van der Waals surface area contributed by atoms with Crippen LogP contribution in [-0.4, -0.2) is 33.8 Å². The number of rotatable bonds is 3. The second kappa shape index (κ2) is 5.29. The van der Waals surface area contributed by atoms with Crippen molar-refractivity contribution in [2.24, 2.45) is 4.40 Å². The van der Waals surface area contributed by atoms with Crippen LogP contribution in [0.5, 0.6) is 0 Å². The molecule has 0 radical (unpaired) electrons. The Hall–Kier alpha value is -1.39. The fourth-order valence-electron chi connectivity index (χ4n) is 0.993. The second-order valence-electron chi connectivity index (χ2n) is 3.45. The van der Waals surface area contributed by atoms with Gasteiger partial charge in [0.2, 0.25) is 0 Å². The van der Waals surface area contributed by atoms with Gasteiger partial charge in [-0.2, -0.15) is 13.7 Å². The van der Waals surface area contributed by atoms with Crippen molar-refractivity contribution < 1.29 is 8.42 Å². The first-order chi connectivity index (χ1) is 7.85. The average Bonchev–Trinajstić information content (AvgIpc) is 2.25. The number of hydrogen-bond acceptors (Lipinski definition) is 3. The van der Waals surface area contributed by atoms with Crippen LogP contribution >= 0.6 is 15.9 Å². The van der Waals surface area contributed by atoms with Crippen molar-refractivity contribution in [2.45, 2.75) is 4.90 Å². The van der Waals surface area contributed by atoms with Crippen LogP contribution in [0, 0.1) is 11.3 Å². The number of halogens is 1. The maximum Gasteiger partial charge on any atom is 0.283 e. The van der Waals surface area contributed by atoms with Crippen LogP contribution in [0.25, 0.3) is 0 Å². The molecule has 0 saturated carbocycles. The lowest BCUT2D eigenvalue weighted by atomic mass is 10.2. The minimum Gasteiger partial charge on any atom is -0.368 e. The Morgan fingerprint density at radius 2 is 2.06 bits per heavy atom. The Bertz CT molecular complexity index is 588. The SMILES string of the molecule is CN(C)/C=N/S(=O)(=O)c1cc(Br)cc(C#N)c1. The molecule has 1 rings (SSSR count). The lowest BCUT2D eigenvalue weighted by Gasteiger charge is -2.04. The predicted octanol–water partition coefficient (Wildman–Crippen LogP) is 1.60. The fraction of sp³-hybridized carbons (Fsp3) is 0.200. The van der Waals surface area contributed by atoms with E-state index in [1.54, 1.807) is 14.1 Å². The van der Waals surface area contributed by atoms with Gasteiger partial charge < -0.3 is 4.90 Å². The van der Waals surface area contributed by atoms with Gasteiger partial charge in [0.1, 0.15) is 6.34 Å². The lowest BCUT2D eigenvalue weighted by Crippen LogP contribution is -2.10. The van der Waals surface area contributed by atoms with Crippen LogP contribution in [0.1, 0.15) is 5.56 Å². The zero-order valence-corrected chi connectivity index (χ0v) is 11.7. The molecule has 0 aliphatic carbocycles. The number of sulfonamides is 1. The summed E-state index contributed by atoms with van der Waals surface area (Å²) in [6.07, 6.45) is 1.20. The predicted molar refractivity (Wildman–Crippen MR) is 68.2 cm³/mol. The van der Waals surface area contributed by atoms with Gasteiger partial charge in [-0.3, -0.25) is 0 Å². The molecule has 5 nitrogen and oxygen atoms in total. The van der Waals surface area contributed by atoms with Gasteiger partial charge in [-0.15, -0.1) is 4.40 Å². The molecule has 1 aromatic rings. The molecule has 0 aliphatic rings. The molecule has 0 aromatic heterocycles. The number of nitriles is 1. The fourth-order valence-corrected chi connectivity index (χ4v) is 2.62. The van der Waals surface area contributed by atoms with Crippen molar-refractivity contribution in [1.29, 1.82) is 5.26 Å². The lowest BCUT2D eigenvalue weighted by molar-refractivity contribution is 0.594. The molecule has 0 heterocycles. The topological polar surface area (TPSA) is 73.5 Å². The van der Waals surface area contributed by atoms with E-state index in [-0.39, 0.29) is 10.5 Å². The van der Waals surface area contributed by atoms with E-state index in [1.165, 1.54) is 29.4 Å². The molecule has 1 aromatic carbocycles. The molecule has 0 fully saturated rings. The van der Waals surface area contributed by atoms with Crippen LogP contribution in [0.3, 0.4) is 0 Å². The highest BCUT2D eigenvalue weighted by molar-refractivity contribution is 9.10. The maximum atomic E-state index is 11.8. The summed E-state index contributed by atoms with van der Waals surface area (Å²) < 4.78 is 27.6. The minimum absolute atomic E-state index is 0.0125. The standard InChI is InChI=1S/C10H10BrN3O2S/c1-14(2)7-13-17(15,16)10-4-8(6-12)3-9(11)5-10/h3-5,7H,1-2H3/b13-7+. The third-order valence-electron chi connectivity index (χ3n) is 1.72. The van der Waals surface area contributed by atoms with Gasteiger partial charge in [0, 0.05) is 18.6 Å². The average molecular weight is 316 g/mol. The molecule has 0 saturated heterocycles. The van der Waals surface area contributed by atoms with Gasteiger partial charge in [-0.05, 0) is 18.2 Å². The Morgan fingerprint density at radius 1 is 1.41 bits per heavy atom. The van der Waals surface area contributed by atoms with E-state index < -0.39 is 10.0 Å². The molecule has 0 bridgehead atoms. The van der Waals surface area contributed by atoms with Gasteiger partial charge in [0.25, 0.3) is 10.0 Å². The highest BCUT2D eigenvalue weighted by Gasteiger charge is 2.13. The third-order valence-corrected chi connectivity index (χ3v) is 3.38. The zero-order chi connectivity index (χ0) is 13.1. The minimum atomic E-state index is -3.76. The number of benzene rings is 1. The Morgan fingerprint density at radius 3 is 2.59 bits per heavy atom. The summed E-state index contributed by atoms with van der Waals surface area (Å²) in [7, 11) is -0.429. The van der Waals surface area contributed by atoms with Crippen LogP contribution < -0.4 is 0 Å². The van der Waals surface area contributed by atoms with Crippen LogP contribution in [0.2, 0.25) is 0 Å². The van der Waals surface area contributed by atoms with Crippen molar-refractivity contribution in [1.82, 2.24) is 4.90 Å². The first-order valence-electron chi connectivity index (χ1n) is 4.53. The molecule has 0 atom stereocenters. The summed E-state index contributed by atoms with van der Waals surface area (Å²) in [4.78, 5) is 1.50. The van der Waals surface area contributed by atoms with E-state index in [4.69, 9.17) is 5.26 Å². The van der Waals surface area contributed by atoms with Gasteiger partial charge in [-0.25, -0.2) is 0 Å². The summed E-state index contributed by atoms with van der Waals surface area (Å²) in [6, 6.07) is 6.12. The normalized spacial score (nSPS) is 11.4. The summed E-state index contributed by atoms with van der Waals surface area (Å²) in [5, 5.41) is 8.76. The molecule has 7 heteroatoms. The van der Waals surface area contributed by atoms with Crippen molar-refractivity contribution in [3.8, 4) is 6.07 Å². The molecule has 0 unspecified atom stereocenters. The van der Waals surface area contributed by atoms with E-state index >= 15 is 0 Å². The van der Waals surface area contributed by atoms with Crippen molar-refractivity contribution in [2.75, 3.05) is 14.1 Å². The van der Waals surface area contributed by atoms with E-state index in [1.807, 2.05) is 6.07 Å². The van der Waals surface area contributed by atoms with Gasteiger partial charge in [-0.1, -0.05) is 15.9 Å². The summed E-state index contributed by atoms with van der Waals surface area (Å²) in [5.74, 6) is 0.